The van der Waals surface area contributed by atoms with E-state index >= 15 is 4.39 Å². The molecule has 3 atom stereocenters. The fraction of sp³-hybridized carbons (Fsp3) is 0.480. The first kappa shape index (κ1) is 26.1. The van der Waals surface area contributed by atoms with E-state index in [2.05, 4.69) is 15.3 Å². The molecule has 36 heavy (non-hydrogen) atoms. The van der Waals surface area contributed by atoms with Crippen molar-refractivity contribution in [3.05, 3.63) is 51.9 Å². The summed E-state index contributed by atoms with van der Waals surface area (Å²) < 4.78 is 23.0. The summed E-state index contributed by atoms with van der Waals surface area (Å²) in [6.45, 7) is 6.63. The van der Waals surface area contributed by atoms with Gasteiger partial charge in [-0.2, -0.15) is 0 Å². The lowest BCUT2D eigenvalue weighted by Gasteiger charge is -2.30. The van der Waals surface area contributed by atoms with Crippen LogP contribution in [0.3, 0.4) is 0 Å². The summed E-state index contributed by atoms with van der Waals surface area (Å²) in [5.74, 6) is -1.53. The third-order valence-corrected chi connectivity index (χ3v) is 6.79. The minimum absolute atomic E-state index is 0.0548. The van der Waals surface area contributed by atoms with Crippen molar-refractivity contribution in [3.63, 3.8) is 0 Å². The molecule has 3 aromatic rings. The van der Waals surface area contributed by atoms with E-state index in [1.54, 1.807) is 31.4 Å². The topological polar surface area (TPSA) is 135 Å². The summed E-state index contributed by atoms with van der Waals surface area (Å²) in [5.41, 5.74) is 4.80. The number of hydrogen-bond acceptors (Lipinski definition) is 7. The lowest BCUT2D eigenvalue weighted by atomic mass is 9.90. The number of nitrogens with zero attached hydrogens (tertiary/aromatic N) is 3. The van der Waals surface area contributed by atoms with Crippen molar-refractivity contribution < 1.29 is 24.1 Å². The van der Waals surface area contributed by atoms with Crippen LogP contribution in [0.2, 0.25) is 5.02 Å². The molecule has 1 fully saturated rings. The quantitative estimate of drug-likeness (QED) is 0.391. The Hall–Kier alpha value is -2.95. The summed E-state index contributed by atoms with van der Waals surface area (Å²) >= 11 is 6.26. The van der Waals surface area contributed by atoms with Gasteiger partial charge in [-0.15, -0.1) is 0 Å². The van der Waals surface area contributed by atoms with E-state index in [9.17, 15) is 15.0 Å². The largest absolute Gasteiger partial charge is 0.490 e. The molecular formula is C25H31ClFN5O4. The van der Waals surface area contributed by atoms with Crippen LogP contribution in [0.5, 0.6) is 5.75 Å². The molecule has 0 aliphatic heterocycles. The number of fused-ring (bicyclic) bond motifs is 1. The molecular weight excluding hydrogens is 489 g/mol. The average Bonchev–Trinajstić information content (AvgIpc) is 3.16. The van der Waals surface area contributed by atoms with Gasteiger partial charge in [-0.25, -0.2) is 14.4 Å². The number of imidazole rings is 1. The van der Waals surface area contributed by atoms with Gasteiger partial charge in [-0.3, -0.25) is 9.20 Å². The number of nitrogen functional groups attached to an aromatic ring is 1. The number of aliphatic hydroxyl groups is 2. The fourth-order valence-corrected chi connectivity index (χ4v) is 4.96. The van der Waals surface area contributed by atoms with Crippen LogP contribution < -0.4 is 15.8 Å². The lowest BCUT2D eigenvalue weighted by molar-refractivity contribution is 0.0703. The second kappa shape index (κ2) is 9.84. The summed E-state index contributed by atoms with van der Waals surface area (Å²) in [5, 5.41) is 24.6. The molecule has 0 saturated heterocycles. The third-order valence-electron chi connectivity index (χ3n) is 6.52. The number of hydrogen-bond donors (Lipinski definition) is 4. The van der Waals surface area contributed by atoms with Crippen LogP contribution in [0.1, 0.15) is 73.9 Å². The highest BCUT2D eigenvalue weighted by atomic mass is 35.5. The highest BCUT2D eigenvalue weighted by molar-refractivity contribution is 6.31. The lowest BCUT2D eigenvalue weighted by Crippen LogP contribution is -2.45. The van der Waals surface area contributed by atoms with E-state index in [4.69, 9.17) is 22.1 Å². The second-order valence-electron chi connectivity index (χ2n) is 9.65. The number of halogens is 2. The van der Waals surface area contributed by atoms with Gasteiger partial charge in [0.1, 0.15) is 34.1 Å². The molecule has 1 aliphatic carbocycles. The summed E-state index contributed by atoms with van der Waals surface area (Å²) in [6, 6.07) is 0.705. The highest BCUT2D eigenvalue weighted by Gasteiger charge is 2.39. The van der Waals surface area contributed by atoms with Gasteiger partial charge in [-0.1, -0.05) is 24.4 Å². The molecule has 11 heteroatoms. The molecule has 2 aromatic heterocycles. The Morgan fingerprint density at radius 3 is 2.75 bits per heavy atom. The van der Waals surface area contributed by atoms with Gasteiger partial charge in [-0.05, 0) is 46.6 Å². The predicted molar refractivity (Wildman–Crippen MR) is 134 cm³/mol. The first-order valence-corrected chi connectivity index (χ1v) is 12.3. The van der Waals surface area contributed by atoms with Gasteiger partial charge in [0.05, 0.1) is 29.0 Å². The molecule has 2 heterocycles. The summed E-state index contributed by atoms with van der Waals surface area (Å²) in [6.07, 6.45) is 4.66. The molecule has 0 radical (unpaired) electrons. The zero-order valence-corrected chi connectivity index (χ0v) is 21.4. The van der Waals surface area contributed by atoms with Crippen molar-refractivity contribution >= 4 is 28.8 Å². The van der Waals surface area contributed by atoms with E-state index in [0.29, 0.717) is 24.1 Å². The summed E-state index contributed by atoms with van der Waals surface area (Å²) in [7, 11) is 0. The Morgan fingerprint density at radius 2 is 2.08 bits per heavy atom. The predicted octanol–water partition coefficient (Wildman–Crippen LogP) is 3.49. The van der Waals surface area contributed by atoms with E-state index in [1.165, 1.54) is 19.2 Å². The molecule has 9 nitrogen and oxygen atoms in total. The van der Waals surface area contributed by atoms with Crippen LogP contribution in [0.25, 0.3) is 5.52 Å². The first-order valence-electron chi connectivity index (χ1n) is 11.9. The van der Waals surface area contributed by atoms with Gasteiger partial charge >= 0.3 is 0 Å². The molecule has 0 spiro atoms. The van der Waals surface area contributed by atoms with Crippen molar-refractivity contribution in [3.8, 4) is 5.75 Å². The fourth-order valence-electron chi connectivity index (χ4n) is 4.76. The number of nitrogens with one attached hydrogen (secondary N) is 1. The average molecular weight is 520 g/mol. The standard InChI is InChI=1S/C25H31ClFN5O4/c1-12(2)36-21-14(25(4,35)24-30-13(3)20-22(28)29-9-10-32(20)24)11-15(26)19(27)18(21)23(34)31-16-7-5-6-8-17(16)33/h9-12,16-17,33,35H,5-8H2,1-4H3,(H2,28,29)(H,31,34)/t16-,17-,25?/m1/s1. The Labute approximate surface area is 213 Å². The van der Waals surface area contributed by atoms with Crippen molar-refractivity contribution in [2.45, 2.75) is 77.2 Å². The SMILES string of the molecule is Cc1nc(C(C)(O)c2cc(Cl)c(F)c(C(=O)N[C@@H]3CCCC[C@H]3O)c2OC(C)C)n2ccnc(N)c12. The van der Waals surface area contributed by atoms with Crippen LogP contribution in [-0.2, 0) is 5.60 Å². The zero-order chi connectivity index (χ0) is 26.4. The minimum atomic E-state index is -1.88. The molecule has 194 valence electrons. The molecule has 0 bridgehead atoms. The Kier molecular flexibility index (Phi) is 7.14. The van der Waals surface area contributed by atoms with Crippen molar-refractivity contribution in [2.24, 2.45) is 0 Å². The molecule has 1 aromatic carbocycles. The molecule has 5 N–H and O–H groups in total. The van der Waals surface area contributed by atoms with Crippen molar-refractivity contribution in [1.82, 2.24) is 19.7 Å². The van der Waals surface area contributed by atoms with E-state index in [1.807, 2.05) is 0 Å². The number of aryl methyl sites for hydroxylation is 1. The number of aromatic nitrogens is 3. The maximum absolute atomic E-state index is 15.4. The highest BCUT2D eigenvalue weighted by Crippen LogP contribution is 2.42. The maximum atomic E-state index is 15.4. The van der Waals surface area contributed by atoms with E-state index in [-0.39, 0.29) is 28.0 Å². The number of carbonyl (C=O) groups excluding carboxylic acids is 1. The Bertz CT molecular complexity index is 1310. The smallest absolute Gasteiger partial charge is 0.258 e. The molecule has 1 amide bonds. The Balaban J connectivity index is 1.90. The van der Waals surface area contributed by atoms with E-state index in [0.717, 1.165) is 12.8 Å². The van der Waals surface area contributed by atoms with Crippen LogP contribution in [0.15, 0.2) is 18.5 Å². The number of anilines is 1. The molecule has 1 saturated carbocycles. The number of rotatable bonds is 6. The summed E-state index contributed by atoms with van der Waals surface area (Å²) in [4.78, 5) is 22.0. The monoisotopic (exact) mass is 519 g/mol. The molecule has 1 unspecified atom stereocenters. The second-order valence-corrected chi connectivity index (χ2v) is 10.1. The minimum Gasteiger partial charge on any atom is -0.490 e. The van der Waals surface area contributed by atoms with Crippen LogP contribution in [-0.4, -0.2) is 48.7 Å². The van der Waals surface area contributed by atoms with Crippen LogP contribution in [0, 0.1) is 12.7 Å². The number of nitrogens with two attached hydrogens (primary N) is 1. The zero-order valence-electron chi connectivity index (χ0n) is 20.7. The number of benzene rings is 1. The van der Waals surface area contributed by atoms with Gasteiger partial charge in [0.25, 0.3) is 5.91 Å². The maximum Gasteiger partial charge on any atom is 0.258 e. The van der Waals surface area contributed by atoms with Crippen molar-refractivity contribution in [2.75, 3.05) is 5.73 Å². The normalized spacial score (nSPS) is 19.9. The number of amides is 1. The number of aliphatic hydroxyl groups excluding tert-OH is 1. The van der Waals surface area contributed by atoms with Gasteiger partial charge in [0, 0.05) is 18.0 Å². The Morgan fingerprint density at radius 1 is 1.39 bits per heavy atom. The van der Waals surface area contributed by atoms with Crippen LogP contribution in [0.4, 0.5) is 10.2 Å². The third kappa shape index (κ3) is 4.60. The van der Waals surface area contributed by atoms with E-state index < -0.39 is 41.1 Å². The van der Waals surface area contributed by atoms with Crippen molar-refractivity contribution in [1.29, 1.82) is 0 Å². The molecule has 4 rings (SSSR count). The first-order chi connectivity index (χ1) is 16.9. The number of ether oxygens (including phenoxy) is 1. The number of carbonyl (C=O) groups is 1. The van der Waals surface area contributed by atoms with Gasteiger partial charge in [0.2, 0.25) is 0 Å². The van der Waals surface area contributed by atoms with Gasteiger partial charge < -0.3 is 26.0 Å². The van der Waals surface area contributed by atoms with Crippen LogP contribution >= 0.6 is 11.6 Å². The van der Waals surface area contributed by atoms with Gasteiger partial charge in [0.15, 0.2) is 5.82 Å². The molecule has 1 aliphatic rings.